The number of hydrogen-bond acceptors (Lipinski definition) is 3. The van der Waals surface area contributed by atoms with Gasteiger partial charge in [0.1, 0.15) is 5.75 Å². The van der Waals surface area contributed by atoms with E-state index in [1.807, 2.05) is 12.1 Å². The van der Waals surface area contributed by atoms with Gasteiger partial charge in [-0.15, -0.1) is 0 Å². The fraction of sp³-hybridized carbons (Fsp3) is 0.500. The lowest BCUT2D eigenvalue weighted by Crippen LogP contribution is -2.26. The molecule has 1 aromatic carbocycles. The van der Waals surface area contributed by atoms with E-state index >= 15 is 0 Å². The normalized spacial score (nSPS) is 19.7. The lowest BCUT2D eigenvalue weighted by atomic mass is 10.0. The topological polar surface area (TPSA) is 50.4 Å². The predicted molar refractivity (Wildman–Crippen MR) is 69.7 cm³/mol. The molecule has 0 saturated heterocycles. The Balaban J connectivity index is 1.87. The van der Waals surface area contributed by atoms with E-state index in [4.69, 9.17) is 4.74 Å². The first-order valence-corrected chi connectivity index (χ1v) is 6.58. The Kier molecular flexibility index (Phi) is 2.96. The van der Waals surface area contributed by atoms with Crippen LogP contribution in [-0.4, -0.2) is 19.1 Å². The van der Waals surface area contributed by atoms with E-state index in [-0.39, 0.29) is 12.5 Å². The fourth-order valence-electron chi connectivity index (χ4n) is 2.50. The lowest BCUT2D eigenvalue weighted by molar-refractivity contribution is -0.118. The predicted octanol–water partition coefficient (Wildman–Crippen LogP) is 2.08. The molecule has 0 radical (unpaired) electrons. The van der Waals surface area contributed by atoms with Crippen LogP contribution in [0.25, 0.3) is 0 Å². The monoisotopic (exact) mass is 246 g/mol. The summed E-state index contributed by atoms with van der Waals surface area (Å²) in [7, 11) is 0. The maximum absolute atomic E-state index is 11.3. The summed E-state index contributed by atoms with van der Waals surface area (Å²) in [6, 6.07) is 6.50. The highest BCUT2D eigenvalue weighted by Gasteiger charge is 2.32. The van der Waals surface area contributed by atoms with Crippen LogP contribution < -0.4 is 15.4 Å². The first kappa shape index (κ1) is 11.5. The van der Waals surface area contributed by atoms with Gasteiger partial charge in [0, 0.05) is 6.04 Å². The second-order valence-electron chi connectivity index (χ2n) is 4.97. The molecule has 18 heavy (non-hydrogen) atoms. The number of amides is 1. The van der Waals surface area contributed by atoms with Gasteiger partial charge >= 0.3 is 0 Å². The Morgan fingerprint density at radius 1 is 1.50 bits per heavy atom. The summed E-state index contributed by atoms with van der Waals surface area (Å²) < 4.78 is 5.37. The van der Waals surface area contributed by atoms with Crippen LogP contribution in [0, 0.1) is 5.92 Å². The van der Waals surface area contributed by atoms with Crippen LogP contribution in [0.4, 0.5) is 5.69 Å². The van der Waals surface area contributed by atoms with Crippen LogP contribution in [0.1, 0.15) is 31.4 Å². The number of carbonyl (C=O) groups excluding carboxylic acids is 1. The van der Waals surface area contributed by atoms with Crippen molar-refractivity contribution in [3.63, 3.8) is 0 Å². The molecule has 1 amide bonds. The molecule has 0 spiro atoms. The standard InChI is InChI=1S/C14H18N2O2/c1-2-15-14(9-3-4-9)10-5-6-12-11(7-10)16-13(17)8-18-12/h5-7,9,14-15H,2-4,8H2,1H3,(H,16,17). The summed E-state index contributed by atoms with van der Waals surface area (Å²) in [5.41, 5.74) is 2.04. The molecular weight excluding hydrogens is 228 g/mol. The van der Waals surface area contributed by atoms with E-state index in [0.29, 0.717) is 6.04 Å². The molecule has 4 nitrogen and oxygen atoms in total. The number of benzene rings is 1. The Bertz CT molecular complexity index is 469. The zero-order valence-electron chi connectivity index (χ0n) is 10.5. The first-order chi connectivity index (χ1) is 8.78. The summed E-state index contributed by atoms with van der Waals surface area (Å²) >= 11 is 0. The second kappa shape index (κ2) is 4.61. The van der Waals surface area contributed by atoms with Crippen molar-refractivity contribution >= 4 is 11.6 Å². The lowest BCUT2D eigenvalue weighted by Gasteiger charge is -2.22. The quantitative estimate of drug-likeness (QED) is 0.855. The van der Waals surface area contributed by atoms with Crippen molar-refractivity contribution in [1.29, 1.82) is 0 Å². The van der Waals surface area contributed by atoms with Gasteiger partial charge in [0.15, 0.2) is 6.61 Å². The van der Waals surface area contributed by atoms with Gasteiger partial charge in [-0.05, 0) is 43.0 Å². The third-order valence-electron chi connectivity index (χ3n) is 3.51. The van der Waals surface area contributed by atoms with Gasteiger partial charge in [-0.1, -0.05) is 13.0 Å². The minimum atomic E-state index is -0.0777. The maximum atomic E-state index is 11.3. The van der Waals surface area contributed by atoms with Gasteiger partial charge in [-0.25, -0.2) is 0 Å². The molecule has 2 aliphatic rings. The highest BCUT2D eigenvalue weighted by Crippen LogP contribution is 2.42. The Hall–Kier alpha value is -1.55. The summed E-state index contributed by atoms with van der Waals surface area (Å²) in [6.45, 7) is 3.20. The maximum Gasteiger partial charge on any atom is 0.262 e. The van der Waals surface area contributed by atoms with Crippen LogP contribution in [-0.2, 0) is 4.79 Å². The van der Waals surface area contributed by atoms with Crippen molar-refractivity contribution in [2.45, 2.75) is 25.8 Å². The number of carbonyl (C=O) groups is 1. The average molecular weight is 246 g/mol. The number of anilines is 1. The molecule has 1 aliphatic carbocycles. The van der Waals surface area contributed by atoms with Crippen molar-refractivity contribution < 1.29 is 9.53 Å². The molecule has 1 aliphatic heterocycles. The molecule has 4 heteroatoms. The third-order valence-corrected chi connectivity index (χ3v) is 3.51. The van der Waals surface area contributed by atoms with Crippen molar-refractivity contribution in [2.24, 2.45) is 5.92 Å². The summed E-state index contributed by atoms with van der Waals surface area (Å²) in [5.74, 6) is 1.43. The van der Waals surface area contributed by atoms with Crippen LogP contribution in [0.3, 0.4) is 0 Å². The summed E-state index contributed by atoms with van der Waals surface area (Å²) in [4.78, 5) is 11.3. The van der Waals surface area contributed by atoms with E-state index in [1.54, 1.807) is 0 Å². The highest BCUT2D eigenvalue weighted by molar-refractivity contribution is 5.95. The van der Waals surface area contributed by atoms with Crippen LogP contribution >= 0.6 is 0 Å². The first-order valence-electron chi connectivity index (χ1n) is 6.58. The number of rotatable bonds is 4. The number of nitrogens with one attached hydrogen (secondary N) is 2. The Morgan fingerprint density at radius 2 is 2.33 bits per heavy atom. The summed E-state index contributed by atoms with van der Waals surface area (Å²) in [6.07, 6.45) is 2.58. The van der Waals surface area contributed by atoms with Gasteiger partial charge in [0.25, 0.3) is 5.91 Å². The van der Waals surface area contributed by atoms with Crippen LogP contribution in [0.5, 0.6) is 5.75 Å². The molecule has 0 bridgehead atoms. The largest absolute Gasteiger partial charge is 0.482 e. The molecule has 1 atom stereocenters. The molecule has 1 unspecified atom stereocenters. The van der Waals surface area contributed by atoms with Gasteiger partial charge in [0.2, 0.25) is 0 Å². The van der Waals surface area contributed by atoms with Gasteiger partial charge in [-0.3, -0.25) is 4.79 Å². The van der Waals surface area contributed by atoms with Crippen molar-refractivity contribution in [1.82, 2.24) is 5.32 Å². The summed E-state index contributed by atoms with van der Waals surface area (Å²) in [5, 5.41) is 6.39. The molecule has 1 saturated carbocycles. The van der Waals surface area contributed by atoms with Crippen LogP contribution in [0.2, 0.25) is 0 Å². The highest BCUT2D eigenvalue weighted by atomic mass is 16.5. The van der Waals surface area contributed by atoms with E-state index in [9.17, 15) is 4.79 Å². The van der Waals surface area contributed by atoms with Gasteiger partial charge < -0.3 is 15.4 Å². The minimum Gasteiger partial charge on any atom is -0.482 e. The molecule has 1 fully saturated rings. The zero-order valence-corrected chi connectivity index (χ0v) is 10.5. The molecule has 2 N–H and O–H groups in total. The SMILES string of the molecule is CCNC(c1ccc2c(c1)NC(=O)CO2)C1CC1. The molecule has 1 aromatic rings. The minimum absolute atomic E-state index is 0.0777. The fourth-order valence-corrected chi connectivity index (χ4v) is 2.50. The van der Waals surface area contributed by atoms with E-state index in [0.717, 1.165) is 23.9 Å². The smallest absolute Gasteiger partial charge is 0.262 e. The third kappa shape index (κ3) is 2.20. The van der Waals surface area contributed by atoms with E-state index in [1.165, 1.54) is 18.4 Å². The zero-order chi connectivity index (χ0) is 12.5. The van der Waals surface area contributed by atoms with Gasteiger partial charge in [-0.2, -0.15) is 0 Å². The van der Waals surface area contributed by atoms with Crippen molar-refractivity contribution in [2.75, 3.05) is 18.5 Å². The molecule has 96 valence electrons. The molecular formula is C14H18N2O2. The van der Waals surface area contributed by atoms with Gasteiger partial charge in [0.05, 0.1) is 5.69 Å². The number of ether oxygens (including phenoxy) is 1. The average Bonchev–Trinajstić information content (AvgIpc) is 3.19. The number of hydrogen-bond donors (Lipinski definition) is 2. The molecule has 0 aromatic heterocycles. The van der Waals surface area contributed by atoms with Crippen LogP contribution in [0.15, 0.2) is 18.2 Å². The Labute approximate surface area is 107 Å². The van der Waals surface area contributed by atoms with Crippen molar-refractivity contribution in [3.8, 4) is 5.75 Å². The molecule has 1 heterocycles. The Morgan fingerprint density at radius 3 is 3.06 bits per heavy atom. The van der Waals surface area contributed by atoms with E-state index < -0.39 is 0 Å². The van der Waals surface area contributed by atoms with E-state index in [2.05, 4.69) is 23.6 Å². The molecule has 3 rings (SSSR count). The number of fused-ring (bicyclic) bond motifs is 1. The van der Waals surface area contributed by atoms with Crippen molar-refractivity contribution in [3.05, 3.63) is 23.8 Å². The second-order valence-corrected chi connectivity index (χ2v) is 4.97.